The van der Waals surface area contributed by atoms with Gasteiger partial charge in [0.15, 0.2) is 0 Å². The molecule has 0 aromatic heterocycles. The van der Waals surface area contributed by atoms with Crippen molar-refractivity contribution < 1.29 is 19.8 Å². The molecule has 1 saturated carbocycles. The maximum atomic E-state index is 12.1. The van der Waals surface area contributed by atoms with Crippen LogP contribution in [-0.2, 0) is 4.79 Å². The Balaban J connectivity index is 1.91. The fraction of sp³-hybridized carbons (Fsp3) is 0.867. The zero-order valence-electron chi connectivity index (χ0n) is 12.5. The maximum Gasteiger partial charge on any atom is 0.317 e. The first kappa shape index (κ1) is 16.1. The molecule has 0 aromatic rings. The number of likely N-dealkylation sites (tertiary alicyclic amines) is 1. The summed E-state index contributed by atoms with van der Waals surface area (Å²) >= 11 is 0. The lowest BCUT2D eigenvalue weighted by atomic mass is 9.80. The molecule has 1 heterocycles. The minimum Gasteiger partial charge on any atom is -0.481 e. The summed E-state index contributed by atoms with van der Waals surface area (Å²) in [5, 5.41) is 22.0. The lowest BCUT2D eigenvalue weighted by molar-refractivity contribution is -0.149. The molecule has 2 rings (SSSR count). The van der Waals surface area contributed by atoms with Gasteiger partial charge in [0.05, 0.1) is 11.5 Å². The van der Waals surface area contributed by atoms with Crippen LogP contribution in [0.4, 0.5) is 4.79 Å². The number of hydrogen-bond donors (Lipinski definition) is 3. The minimum absolute atomic E-state index is 0.188. The van der Waals surface area contributed by atoms with E-state index < -0.39 is 17.5 Å². The Hall–Kier alpha value is -1.30. The first-order chi connectivity index (χ1) is 10.0. The Morgan fingerprint density at radius 2 is 1.81 bits per heavy atom. The number of nitrogens with one attached hydrogen (secondary N) is 1. The van der Waals surface area contributed by atoms with Crippen LogP contribution in [0.15, 0.2) is 0 Å². The number of rotatable bonds is 3. The molecule has 6 heteroatoms. The highest BCUT2D eigenvalue weighted by Crippen LogP contribution is 2.34. The van der Waals surface area contributed by atoms with Gasteiger partial charge in [-0.25, -0.2) is 4.79 Å². The smallest absolute Gasteiger partial charge is 0.317 e. The number of urea groups is 1. The summed E-state index contributed by atoms with van der Waals surface area (Å²) < 4.78 is 0. The molecule has 0 bridgehead atoms. The summed E-state index contributed by atoms with van der Waals surface area (Å²) in [5.41, 5.74) is -0.819. The lowest BCUT2D eigenvalue weighted by Gasteiger charge is -2.33. The molecule has 2 amide bonds. The first-order valence-corrected chi connectivity index (χ1v) is 7.98. The van der Waals surface area contributed by atoms with Crippen molar-refractivity contribution in [2.75, 3.05) is 19.6 Å². The molecule has 120 valence electrons. The number of carboxylic acid groups (broad SMARTS) is 1. The summed E-state index contributed by atoms with van der Waals surface area (Å²) in [6.07, 6.45) is 6.27. The molecular formula is C15H26N2O4. The van der Waals surface area contributed by atoms with Gasteiger partial charge in [0.25, 0.3) is 0 Å². The minimum atomic E-state index is -0.819. The maximum absolute atomic E-state index is 12.1. The van der Waals surface area contributed by atoms with Crippen molar-refractivity contribution in [3.8, 4) is 0 Å². The van der Waals surface area contributed by atoms with Gasteiger partial charge >= 0.3 is 12.0 Å². The summed E-state index contributed by atoms with van der Waals surface area (Å²) in [6, 6.07) is -0.251. The van der Waals surface area contributed by atoms with Gasteiger partial charge in [0.1, 0.15) is 0 Å². The second-order valence-electron chi connectivity index (χ2n) is 6.40. The van der Waals surface area contributed by atoms with Gasteiger partial charge in [-0.3, -0.25) is 4.79 Å². The van der Waals surface area contributed by atoms with Gasteiger partial charge in [0, 0.05) is 19.6 Å². The van der Waals surface area contributed by atoms with Crippen LogP contribution in [0, 0.1) is 5.41 Å². The van der Waals surface area contributed by atoms with E-state index in [4.69, 9.17) is 0 Å². The molecule has 0 radical (unpaired) electrons. The van der Waals surface area contributed by atoms with Gasteiger partial charge in [-0.1, -0.05) is 25.7 Å². The number of aliphatic hydroxyl groups is 1. The van der Waals surface area contributed by atoms with E-state index in [0.717, 1.165) is 38.5 Å². The third kappa shape index (κ3) is 4.09. The van der Waals surface area contributed by atoms with Crippen LogP contribution in [0.25, 0.3) is 0 Å². The number of carbonyl (C=O) groups is 2. The Labute approximate surface area is 125 Å². The van der Waals surface area contributed by atoms with Gasteiger partial charge in [0.2, 0.25) is 0 Å². The third-order valence-electron chi connectivity index (χ3n) is 4.78. The summed E-state index contributed by atoms with van der Waals surface area (Å²) in [7, 11) is 0. The number of carbonyl (C=O) groups excluding carboxylic acids is 1. The van der Waals surface area contributed by atoms with Crippen molar-refractivity contribution in [1.29, 1.82) is 0 Å². The molecule has 0 spiro atoms. The Bertz CT molecular complexity index is 378. The van der Waals surface area contributed by atoms with Crippen molar-refractivity contribution >= 4 is 12.0 Å². The molecule has 1 unspecified atom stereocenters. The highest BCUT2D eigenvalue weighted by atomic mass is 16.4. The summed E-state index contributed by atoms with van der Waals surface area (Å²) in [6.45, 7) is 1.16. The number of hydrogen-bond acceptors (Lipinski definition) is 3. The topological polar surface area (TPSA) is 89.9 Å². The van der Waals surface area contributed by atoms with Crippen molar-refractivity contribution in [1.82, 2.24) is 10.2 Å². The number of aliphatic carboxylic acids is 1. The van der Waals surface area contributed by atoms with Gasteiger partial charge in [-0.15, -0.1) is 0 Å². The van der Waals surface area contributed by atoms with Crippen LogP contribution in [0.3, 0.4) is 0 Å². The van der Waals surface area contributed by atoms with Crippen LogP contribution in [0.2, 0.25) is 0 Å². The normalized spacial score (nSPS) is 26.0. The molecule has 2 aliphatic rings. The predicted octanol–water partition coefficient (Wildman–Crippen LogP) is 1.58. The standard InChI is InChI=1S/C15H26N2O4/c18-12-6-5-9-17(10-12)14(21)16-11-15(13(19)20)7-3-1-2-4-8-15/h12,18H,1-11H2,(H,16,21)(H,19,20). The van der Waals surface area contributed by atoms with Gasteiger partial charge in [-0.2, -0.15) is 0 Å². The second-order valence-corrected chi connectivity index (χ2v) is 6.40. The molecule has 1 aliphatic carbocycles. The Morgan fingerprint density at radius 3 is 2.38 bits per heavy atom. The van der Waals surface area contributed by atoms with Crippen LogP contribution >= 0.6 is 0 Å². The number of aliphatic hydroxyl groups excluding tert-OH is 1. The molecule has 2 fully saturated rings. The van der Waals surface area contributed by atoms with Crippen molar-refractivity contribution in [3.05, 3.63) is 0 Å². The summed E-state index contributed by atoms with van der Waals surface area (Å²) in [5.74, 6) is -0.802. The van der Waals surface area contributed by atoms with E-state index in [9.17, 15) is 19.8 Å². The SMILES string of the molecule is O=C(NCC1(C(=O)O)CCCCCC1)N1CCCC(O)C1. The highest BCUT2D eigenvalue weighted by Gasteiger charge is 2.39. The monoisotopic (exact) mass is 298 g/mol. The fourth-order valence-corrected chi connectivity index (χ4v) is 3.37. The number of carboxylic acids is 1. The van der Waals surface area contributed by atoms with E-state index in [-0.39, 0.29) is 12.6 Å². The van der Waals surface area contributed by atoms with Crippen LogP contribution in [-0.4, -0.2) is 52.9 Å². The van der Waals surface area contributed by atoms with E-state index in [1.54, 1.807) is 4.90 Å². The average molecular weight is 298 g/mol. The zero-order chi connectivity index (χ0) is 15.3. The lowest BCUT2D eigenvalue weighted by Crippen LogP contribution is -2.51. The van der Waals surface area contributed by atoms with E-state index in [1.165, 1.54) is 0 Å². The molecule has 21 heavy (non-hydrogen) atoms. The second kappa shape index (κ2) is 7.11. The zero-order valence-corrected chi connectivity index (χ0v) is 12.5. The number of nitrogens with zero attached hydrogens (tertiary/aromatic N) is 1. The van der Waals surface area contributed by atoms with Gasteiger partial charge < -0.3 is 20.4 Å². The van der Waals surface area contributed by atoms with Gasteiger partial charge in [-0.05, 0) is 25.7 Å². The fourth-order valence-electron chi connectivity index (χ4n) is 3.37. The molecule has 3 N–H and O–H groups in total. The highest BCUT2D eigenvalue weighted by molar-refractivity contribution is 5.78. The van der Waals surface area contributed by atoms with Crippen LogP contribution in [0.5, 0.6) is 0 Å². The molecule has 1 atom stereocenters. The largest absolute Gasteiger partial charge is 0.481 e. The molecule has 6 nitrogen and oxygen atoms in total. The van der Waals surface area contributed by atoms with Crippen LogP contribution < -0.4 is 5.32 Å². The van der Waals surface area contributed by atoms with E-state index in [0.29, 0.717) is 25.9 Å². The van der Waals surface area contributed by atoms with E-state index in [2.05, 4.69) is 5.32 Å². The number of amides is 2. The Morgan fingerprint density at radius 1 is 1.14 bits per heavy atom. The van der Waals surface area contributed by atoms with E-state index in [1.807, 2.05) is 0 Å². The van der Waals surface area contributed by atoms with Crippen LogP contribution in [0.1, 0.15) is 51.4 Å². The third-order valence-corrected chi connectivity index (χ3v) is 4.78. The molecular weight excluding hydrogens is 272 g/mol. The van der Waals surface area contributed by atoms with Crippen molar-refractivity contribution in [2.24, 2.45) is 5.41 Å². The predicted molar refractivity (Wildman–Crippen MR) is 78.0 cm³/mol. The molecule has 0 aromatic carbocycles. The Kier molecular flexibility index (Phi) is 5.45. The number of piperidine rings is 1. The van der Waals surface area contributed by atoms with Crippen molar-refractivity contribution in [3.63, 3.8) is 0 Å². The summed E-state index contributed by atoms with van der Waals surface area (Å²) in [4.78, 5) is 25.4. The quantitative estimate of drug-likeness (QED) is 0.690. The van der Waals surface area contributed by atoms with Crippen molar-refractivity contribution in [2.45, 2.75) is 57.5 Å². The molecule has 1 aliphatic heterocycles. The van der Waals surface area contributed by atoms with E-state index >= 15 is 0 Å². The first-order valence-electron chi connectivity index (χ1n) is 7.98. The molecule has 1 saturated heterocycles. The number of β-amino-alcohol motifs (C(OH)–C–C–N with tert-alkyl or cyclic N) is 1. The average Bonchev–Trinajstić information content (AvgIpc) is 2.71.